The van der Waals surface area contributed by atoms with Crippen LogP contribution >= 0.6 is 0 Å². The third-order valence-corrected chi connectivity index (χ3v) is 4.16. The van der Waals surface area contributed by atoms with Gasteiger partial charge in [-0.15, -0.1) is 0 Å². The lowest BCUT2D eigenvalue weighted by molar-refractivity contribution is -0.121. The van der Waals surface area contributed by atoms with Crippen molar-refractivity contribution in [2.45, 2.75) is 46.1 Å². The highest BCUT2D eigenvalue weighted by Crippen LogP contribution is 1.97. The van der Waals surface area contributed by atoms with Crippen molar-refractivity contribution in [3.63, 3.8) is 0 Å². The fraction of sp³-hybridized carbons (Fsp3) is 0.958. The Balaban J connectivity index is 3.12. The van der Waals surface area contributed by atoms with E-state index in [9.17, 15) is 4.79 Å². The van der Waals surface area contributed by atoms with Gasteiger partial charge in [0.2, 0.25) is 5.91 Å². The van der Waals surface area contributed by atoms with Crippen molar-refractivity contribution in [2.75, 3.05) is 106 Å². The molecule has 0 radical (unpaired) electrons. The minimum Gasteiger partial charge on any atom is -0.379 e. The highest BCUT2D eigenvalue weighted by Gasteiger charge is 2.09. The molecule has 34 heavy (non-hydrogen) atoms. The van der Waals surface area contributed by atoms with Crippen LogP contribution in [0.1, 0.15) is 40.5 Å². The summed E-state index contributed by atoms with van der Waals surface area (Å²) < 4.78 is 37.9. The first kappa shape index (κ1) is 33.1. The predicted octanol–water partition coefficient (Wildman–Crippen LogP) is 1.41. The van der Waals surface area contributed by atoms with Crippen LogP contribution in [0.15, 0.2) is 0 Å². The van der Waals surface area contributed by atoms with Crippen LogP contribution in [0.2, 0.25) is 0 Å². The molecule has 0 bridgehead atoms. The van der Waals surface area contributed by atoms with Crippen molar-refractivity contribution >= 4 is 5.91 Å². The SMILES string of the molecule is CCCOCCOCCOCCOCCOCCOCCOCCNC(=O)CCNC(C)(C)C. The normalized spacial score (nSPS) is 11.8. The molecule has 2 N–H and O–H groups in total. The van der Waals surface area contributed by atoms with E-state index in [1.807, 2.05) is 0 Å². The Labute approximate surface area is 206 Å². The number of hydrogen-bond donors (Lipinski definition) is 2. The van der Waals surface area contributed by atoms with Gasteiger partial charge in [-0.2, -0.15) is 0 Å². The summed E-state index contributed by atoms with van der Waals surface area (Å²) in [5, 5.41) is 6.12. The number of nitrogens with one attached hydrogen (secondary N) is 2. The van der Waals surface area contributed by atoms with Crippen molar-refractivity contribution in [2.24, 2.45) is 0 Å². The van der Waals surface area contributed by atoms with E-state index in [-0.39, 0.29) is 11.4 Å². The summed E-state index contributed by atoms with van der Waals surface area (Å²) in [6.45, 7) is 17.2. The molecule has 0 fully saturated rings. The summed E-state index contributed by atoms with van der Waals surface area (Å²) in [6, 6.07) is 0. The summed E-state index contributed by atoms with van der Waals surface area (Å²) in [4.78, 5) is 11.7. The first-order valence-electron chi connectivity index (χ1n) is 12.5. The largest absolute Gasteiger partial charge is 0.379 e. The first-order chi connectivity index (χ1) is 16.5. The van der Waals surface area contributed by atoms with Crippen molar-refractivity contribution in [1.82, 2.24) is 10.6 Å². The average molecular weight is 495 g/mol. The molecule has 0 unspecified atom stereocenters. The molecule has 0 heterocycles. The third-order valence-electron chi connectivity index (χ3n) is 4.16. The van der Waals surface area contributed by atoms with E-state index in [4.69, 9.17) is 33.2 Å². The van der Waals surface area contributed by atoms with Gasteiger partial charge in [-0.1, -0.05) is 6.92 Å². The summed E-state index contributed by atoms with van der Waals surface area (Å²) in [5.41, 5.74) is 0.0253. The molecular formula is C24H50N2O8. The monoisotopic (exact) mass is 494 g/mol. The zero-order valence-electron chi connectivity index (χ0n) is 22.0. The van der Waals surface area contributed by atoms with E-state index in [1.165, 1.54) is 0 Å². The Morgan fingerprint density at radius 3 is 1.26 bits per heavy atom. The molecule has 0 saturated carbocycles. The molecule has 0 aliphatic heterocycles. The van der Waals surface area contributed by atoms with Gasteiger partial charge in [-0.25, -0.2) is 0 Å². The summed E-state index contributed by atoms with van der Waals surface area (Å²) >= 11 is 0. The molecule has 10 heteroatoms. The summed E-state index contributed by atoms with van der Waals surface area (Å²) in [7, 11) is 0. The molecular weight excluding hydrogens is 444 g/mol. The quantitative estimate of drug-likeness (QED) is 0.173. The Hall–Kier alpha value is -0.850. The van der Waals surface area contributed by atoms with Gasteiger partial charge in [0.15, 0.2) is 0 Å². The van der Waals surface area contributed by atoms with E-state index < -0.39 is 0 Å². The molecule has 0 rings (SSSR count). The highest BCUT2D eigenvalue weighted by atomic mass is 16.6. The molecule has 10 nitrogen and oxygen atoms in total. The first-order valence-corrected chi connectivity index (χ1v) is 12.5. The van der Waals surface area contributed by atoms with E-state index in [0.717, 1.165) is 13.0 Å². The molecule has 1 amide bonds. The van der Waals surface area contributed by atoms with E-state index in [2.05, 4.69) is 38.3 Å². The van der Waals surface area contributed by atoms with Crippen LogP contribution in [0.3, 0.4) is 0 Å². The molecule has 0 aliphatic rings. The second kappa shape index (κ2) is 25.2. The number of amides is 1. The number of carbonyl (C=O) groups excluding carboxylic acids is 1. The van der Waals surface area contributed by atoms with Crippen LogP contribution in [-0.4, -0.2) is 117 Å². The maximum atomic E-state index is 11.7. The molecule has 204 valence electrons. The van der Waals surface area contributed by atoms with Crippen molar-refractivity contribution in [3.05, 3.63) is 0 Å². The van der Waals surface area contributed by atoms with E-state index in [1.54, 1.807) is 0 Å². The Morgan fingerprint density at radius 1 is 0.559 bits per heavy atom. The van der Waals surface area contributed by atoms with Gasteiger partial charge in [0.05, 0.1) is 85.9 Å². The van der Waals surface area contributed by atoms with Crippen LogP contribution in [0, 0.1) is 0 Å². The van der Waals surface area contributed by atoms with Crippen molar-refractivity contribution < 1.29 is 38.0 Å². The van der Waals surface area contributed by atoms with E-state index >= 15 is 0 Å². The van der Waals surface area contributed by atoms with Crippen LogP contribution < -0.4 is 10.6 Å². The lowest BCUT2D eigenvalue weighted by Gasteiger charge is -2.20. The van der Waals surface area contributed by atoms with Gasteiger partial charge in [0, 0.05) is 31.7 Å². The van der Waals surface area contributed by atoms with Gasteiger partial charge >= 0.3 is 0 Å². The Morgan fingerprint density at radius 2 is 0.912 bits per heavy atom. The predicted molar refractivity (Wildman–Crippen MR) is 131 cm³/mol. The van der Waals surface area contributed by atoms with Gasteiger partial charge in [0.1, 0.15) is 0 Å². The summed E-state index contributed by atoms with van der Waals surface area (Å²) in [5.74, 6) is 0.0271. The molecule has 0 aromatic heterocycles. The van der Waals surface area contributed by atoms with Gasteiger partial charge in [-0.05, 0) is 27.2 Å². The average Bonchev–Trinajstić information content (AvgIpc) is 2.78. The number of hydrogen-bond acceptors (Lipinski definition) is 9. The number of ether oxygens (including phenoxy) is 7. The molecule has 0 aliphatic carbocycles. The Kier molecular flexibility index (Phi) is 24.6. The van der Waals surface area contributed by atoms with Gasteiger partial charge < -0.3 is 43.8 Å². The van der Waals surface area contributed by atoms with Crippen molar-refractivity contribution in [1.29, 1.82) is 0 Å². The zero-order chi connectivity index (χ0) is 25.2. The number of rotatable bonds is 26. The summed E-state index contributed by atoms with van der Waals surface area (Å²) in [6.07, 6.45) is 1.49. The Bertz CT molecular complexity index is 436. The van der Waals surface area contributed by atoms with Crippen LogP contribution in [0.4, 0.5) is 0 Å². The molecule has 0 saturated heterocycles. The maximum Gasteiger partial charge on any atom is 0.221 e. The van der Waals surface area contributed by atoms with E-state index in [0.29, 0.717) is 105 Å². The molecule has 0 aromatic rings. The maximum absolute atomic E-state index is 11.7. The fourth-order valence-corrected chi connectivity index (χ4v) is 2.47. The zero-order valence-corrected chi connectivity index (χ0v) is 22.0. The molecule has 0 aromatic carbocycles. The lowest BCUT2D eigenvalue weighted by Crippen LogP contribution is -2.38. The molecule has 0 atom stereocenters. The van der Waals surface area contributed by atoms with Crippen LogP contribution in [0.5, 0.6) is 0 Å². The molecule has 0 spiro atoms. The highest BCUT2D eigenvalue weighted by molar-refractivity contribution is 5.76. The second-order valence-corrected chi connectivity index (χ2v) is 8.56. The number of carbonyl (C=O) groups is 1. The van der Waals surface area contributed by atoms with Crippen LogP contribution in [0.25, 0.3) is 0 Å². The minimum atomic E-state index is 0.0253. The van der Waals surface area contributed by atoms with Gasteiger partial charge in [-0.3, -0.25) is 4.79 Å². The lowest BCUT2D eigenvalue weighted by atomic mass is 10.1. The smallest absolute Gasteiger partial charge is 0.221 e. The third kappa shape index (κ3) is 29.2. The minimum absolute atomic E-state index is 0.0253. The van der Waals surface area contributed by atoms with Gasteiger partial charge in [0.25, 0.3) is 0 Å². The topological polar surface area (TPSA) is 106 Å². The fourth-order valence-electron chi connectivity index (χ4n) is 2.47. The standard InChI is InChI=1S/C24H50N2O8/c1-5-9-28-11-13-30-15-17-32-19-21-34-22-20-33-18-16-31-14-12-29-10-8-25-23(27)6-7-26-24(2,3)4/h26H,5-22H2,1-4H3,(H,25,27). The second-order valence-electron chi connectivity index (χ2n) is 8.56. The van der Waals surface area contributed by atoms with Crippen LogP contribution in [-0.2, 0) is 38.0 Å². The van der Waals surface area contributed by atoms with Crippen molar-refractivity contribution in [3.8, 4) is 0 Å².